The molecule has 5 heteroatoms. The Morgan fingerprint density at radius 2 is 1.62 bits per heavy atom. The number of hydrogen-bond acceptors (Lipinski definition) is 3. The first-order valence-corrected chi connectivity index (χ1v) is 8.45. The summed E-state index contributed by atoms with van der Waals surface area (Å²) in [6.45, 7) is 1.20. The van der Waals surface area contributed by atoms with E-state index >= 15 is 0 Å². The second kappa shape index (κ2) is 5.59. The van der Waals surface area contributed by atoms with E-state index in [4.69, 9.17) is 5.73 Å². The van der Waals surface area contributed by atoms with Gasteiger partial charge in [0.15, 0.2) is 0 Å². The van der Waals surface area contributed by atoms with Crippen molar-refractivity contribution < 1.29 is 9.59 Å². The molecule has 0 aromatic heterocycles. The van der Waals surface area contributed by atoms with Crippen LogP contribution in [0.1, 0.15) is 64.2 Å². The van der Waals surface area contributed by atoms with E-state index in [1.54, 1.807) is 0 Å². The number of nitrogens with one attached hydrogen (secondary N) is 1. The summed E-state index contributed by atoms with van der Waals surface area (Å²) < 4.78 is 0. The molecule has 5 nitrogen and oxygen atoms in total. The van der Waals surface area contributed by atoms with Crippen molar-refractivity contribution in [2.24, 2.45) is 11.1 Å². The van der Waals surface area contributed by atoms with Crippen molar-refractivity contribution in [1.82, 2.24) is 10.2 Å². The van der Waals surface area contributed by atoms with Gasteiger partial charge in [-0.05, 0) is 44.1 Å². The smallest absolute Gasteiger partial charge is 0.325 e. The SMILES string of the molecule is NCCC1(CN2C(=O)NC3(CCCCCCC3)C2=O)CC1. The molecule has 1 saturated heterocycles. The van der Waals surface area contributed by atoms with Gasteiger partial charge in [-0.25, -0.2) is 4.79 Å². The van der Waals surface area contributed by atoms with Gasteiger partial charge >= 0.3 is 6.03 Å². The van der Waals surface area contributed by atoms with E-state index in [-0.39, 0.29) is 17.4 Å². The van der Waals surface area contributed by atoms with Gasteiger partial charge in [-0.2, -0.15) is 0 Å². The molecule has 3 amide bonds. The number of urea groups is 1. The first kappa shape index (κ1) is 14.8. The highest BCUT2D eigenvalue weighted by Crippen LogP contribution is 2.50. The maximum Gasteiger partial charge on any atom is 0.325 e. The minimum absolute atomic E-state index is 0.0256. The summed E-state index contributed by atoms with van der Waals surface area (Å²) in [5.74, 6) is 0.0256. The Hall–Kier alpha value is -1.10. The van der Waals surface area contributed by atoms with Crippen molar-refractivity contribution in [3.8, 4) is 0 Å². The van der Waals surface area contributed by atoms with Crippen LogP contribution in [0.5, 0.6) is 0 Å². The molecular weight excluding hydrogens is 266 g/mol. The molecule has 21 heavy (non-hydrogen) atoms. The number of hydrogen-bond donors (Lipinski definition) is 2. The number of nitrogens with zero attached hydrogens (tertiary/aromatic N) is 1. The topological polar surface area (TPSA) is 75.4 Å². The van der Waals surface area contributed by atoms with Gasteiger partial charge in [0.25, 0.3) is 5.91 Å². The zero-order valence-electron chi connectivity index (χ0n) is 12.8. The molecule has 3 N–H and O–H groups in total. The Morgan fingerprint density at radius 3 is 2.19 bits per heavy atom. The predicted molar refractivity (Wildman–Crippen MR) is 80.6 cm³/mol. The quantitative estimate of drug-likeness (QED) is 0.780. The van der Waals surface area contributed by atoms with Gasteiger partial charge in [-0.1, -0.05) is 32.1 Å². The second-order valence-electron chi connectivity index (χ2n) is 7.21. The highest BCUT2D eigenvalue weighted by atomic mass is 16.2. The van der Waals surface area contributed by atoms with Gasteiger partial charge in [0.1, 0.15) is 5.54 Å². The Bertz CT molecular complexity index is 423. The summed E-state index contributed by atoms with van der Waals surface area (Å²) >= 11 is 0. The van der Waals surface area contributed by atoms with Crippen LogP contribution >= 0.6 is 0 Å². The first-order chi connectivity index (χ1) is 10.1. The fraction of sp³-hybridized carbons (Fsp3) is 0.875. The Morgan fingerprint density at radius 1 is 1.00 bits per heavy atom. The second-order valence-corrected chi connectivity index (χ2v) is 7.21. The maximum absolute atomic E-state index is 12.9. The molecule has 0 aromatic carbocycles. The van der Waals surface area contributed by atoms with Gasteiger partial charge in [0, 0.05) is 6.54 Å². The standard InChI is InChI=1S/C16H27N3O2/c17-11-10-15(8-9-15)12-19-13(20)16(18-14(19)21)6-4-2-1-3-5-7-16/h1-12,17H2,(H,18,21). The minimum atomic E-state index is -0.601. The molecular formula is C16H27N3O2. The zero-order valence-corrected chi connectivity index (χ0v) is 12.8. The van der Waals surface area contributed by atoms with E-state index in [1.165, 1.54) is 24.2 Å². The Kier molecular flexibility index (Phi) is 3.95. The van der Waals surface area contributed by atoms with Gasteiger partial charge in [0.2, 0.25) is 0 Å². The van der Waals surface area contributed by atoms with Gasteiger partial charge in [0.05, 0.1) is 0 Å². The highest BCUT2D eigenvalue weighted by molar-refractivity contribution is 6.07. The molecule has 3 aliphatic rings. The summed E-state index contributed by atoms with van der Waals surface area (Å²) in [5, 5.41) is 3.04. The summed E-state index contributed by atoms with van der Waals surface area (Å²) in [5.41, 5.74) is 5.19. The summed E-state index contributed by atoms with van der Waals surface area (Å²) in [6, 6.07) is -0.177. The van der Waals surface area contributed by atoms with Crippen LogP contribution in [0.3, 0.4) is 0 Å². The van der Waals surface area contributed by atoms with E-state index < -0.39 is 5.54 Å². The largest absolute Gasteiger partial charge is 0.330 e. The van der Waals surface area contributed by atoms with Gasteiger partial charge < -0.3 is 11.1 Å². The summed E-state index contributed by atoms with van der Waals surface area (Å²) in [4.78, 5) is 26.7. The van der Waals surface area contributed by atoms with Crippen LogP contribution in [0.25, 0.3) is 0 Å². The lowest BCUT2D eigenvalue weighted by Crippen LogP contribution is -2.47. The van der Waals surface area contributed by atoms with Crippen LogP contribution in [0, 0.1) is 5.41 Å². The van der Waals surface area contributed by atoms with E-state index in [1.807, 2.05) is 0 Å². The summed E-state index contributed by atoms with van der Waals surface area (Å²) in [6.07, 6.45) is 10.4. The third kappa shape index (κ3) is 2.80. The highest BCUT2D eigenvalue weighted by Gasteiger charge is 2.54. The molecule has 3 rings (SSSR count). The van der Waals surface area contributed by atoms with Crippen molar-refractivity contribution in [2.45, 2.75) is 69.7 Å². The van der Waals surface area contributed by atoms with Crippen molar-refractivity contribution in [3.63, 3.8) is 0 Å². The molecule has 0 unspecified atom stereocenters. The molecule has 0 radical (unpaired) electrons. The van der Waals surface area contributed by atoms with Gasteiger partial charge in [-0.3, -0.25) is 9.69 Å². The molecule has 0 aromatic rings. The monoisotopic (exact) mass is 293 g/mol. The Labute approximate surface area is 126 Å². The van der Waals surface area contributed by atoms with Crippen LogP contribution in [0.4, 0.5) is 4.79 Å². The number of carbonyl (C=O) groups excluding carboxylic acids is 2. The number of amides is 3. The molecule has 0 bridgehead atoms. The molecule has 0 atom stereocenters. The molecule has 1 spiro atoms. The van der Waals surface area contributed by atoms with Crippen LogP contribution in [0.15, 0.2) is 0 Å². The van der Waals surface area contributed by atoms with Crippen molar-refractivity contribution in [3.05, 3.63) is 0 Å². The molecule has 118 valence electrons. The average Bonchev–Trinajstić information content (AvgIpc) is 3.14. The van der Waals surface area contributed by atoms with E-state index in [0.29, 0.717) is 13.1 Å². The normalized spacial score (nSPS) is 27.4. The van der Waals surface area contributed by atoms with Crippen LogP contribution in [-0.4, -0.2) is 35.5 Å². The molecule has 2 saturated carbocycles. The number of rotatable bonds is 4. The average molecular weight is 293 g/mol. The minimum Gasteiger partial charge on any atom is -0.330 e. The lowest BCUT2D eigenvalue weighted by atomic mass is 9.84. The molecule has 1 aliphatic heterocycles. The number of nitrogens with two attached hydrogens (primary N) is 1. The lowest BCUT2D eigenvalue weighted by Gasteiger charge is -2.29. The number of carbonyl (C=O) groups is 2. The van der Waals surface area contributed by atoms with Crippen molar-refractivity contribution >= 4 is 11.9 Å². The summed E-state index contributed by atoms with van der Waals surface area (Å²) in [7, 11) is 0. The fourth-order valence-electron chi connectivity index (χ4n) is 3.97. The van der Waals surface area contributed by atoms with E-state index in [0.717, 1.165) is 44.9 Å². The van der Waals surface area contributed by atoms with E-state index in [2.05, 4.69) is 5.32 Å². The van der Waals surface area contributed by atoms with Crippen LogP contribution in [0.2, 0.25) is 0 Å². The lowest BCUT2D eigenvalue weighted by molar-refractivity contribution is -0.132. The first-order valence-electron chi connectivity index (χ1n) is 8.45. The predicted octanol–water partition coefficient (Wildman–Crippen LogP) is 2.15. The van der Waals surface area contributed by atoms with Crippen LogP contribution < -0.4 is 11.1 Å². The Balaban J connectivity index is 1.72. The third-order valence-electron chi connectivity index (χ3n) is 5.58. The third-order valence-corrected chi connectivity index (χ3v) is 5.58. The fourth-order valence-corrected chi connectivity index (χ4v) is 3.97. The van der Waals surface area contributed by atoms with E-state index in [9.17, 15) is 9.59 Å². The molecule has 2 aliphatic carbocycles. The molecule has 3 fully saturated rings. The molecule has 1 heterocycles. The van der Waals surface area contributed by atoms with Gasteiger partial charge in [-0.15, -0.1) is 0 Å². The zero-order chi connectivity index (χ0) is 14.9. The maximum atomic E-state index is 12.9. The van der Waals surface area contributed by atoms with Crippen molar-refractivity contribution in [1.29, 1.82) is 0 Å². The van der Waals surface area contributed by atoms with Crippen molar-refractivity contribution in [2.75, 3.05) is 13.1 Å². The van der Waals surface area contributed by atoms with Crippen LogP contribution in [-0.2, 0) is 4.79 Å². The number of imide groups is 1.